The monoisotopic (exact) mass is 348 g/mol. The average Bonchev–Trinajstić information content (AvgIpc) is 2.84. The molecule has 23 heavy (non-hydrogen) atoms. The van der Waals surface area contributed by atoms with Crippen LogP contribution in [0.3, 0.4) is 0 Å². The summed E-state index contributed by atoms with van der Waals surface area (Å²) >= 11 is 0. The molecule has 10 heteroatoms. The van der Waals surface area contributed by atoms with Crippen LogP contribution in [0.25, 0.3) is 0 Å². The van der Waals surface area contributed by atoms with Gasteiger partial charge in [-0.05, 0) is 13.0 Å². The van der Waals surface area contributed by atoms with Crippen LogP contribution in [0.4, 0.5) is 0 Å². The van der Waals surface area contributed by atoms with E-state index in [1.807, 2.05) is 0 Å². The Bertz CT molecular complexity index is 693. The van der Waals surface area contributed by atoms with Crippen LogP contribution >= 0.6 is 0 Å². The maximum atomic E-state index is 12.6. The summed E-state index contributed by atoms with van der Waals surface area (Å²) in [6.45, 7) is 0.655. The molecule has 0 radical (unpaired) electrons. The summed E-state index contributed by atoms with van der Waals surface area (Å²) in [6, 6.07) is 1.12. The van der Waals surface area contributed by atoms with Gasteiger partial charge in [0.15, 0.2) is 0 Å². The first-order chi connectivity index (χ1) is 10.7. The standard InChI is InChI=1S/C13H20N2O7S/c1-5-22-13(18)9-6-11(10(8-16)15(9)3)23(19,20)14(2)7-12(17)21-4/h6,16H,5,7-8H2,1-4H3. The van der Waals surface area contributed by atoms with E-state index in [1.165, 1.54) is 18.7 Å². The van der Waals surface area contributed by atoms with E-state index in [-0.39, 0.29) is 22.9 Å². The second-order valence-corrected chi connectivity index (χ2v) is 6.63. The highest BCUT2D eigenvalue weighted by Crippen LogP contribution is 2.24. The van der Waals surface area contributed by atoms with Gasteiger partial charge in [-0.15, -0.1) is 0 Å². The highest BCUT2D eigenvalue weighted by atomic mass is 32.2. The Morgan fingerprint density at radius 1 is 1.39 bits per heavy atom. The minimum Gasteiger partial charge on any atom is -0.468 e. The molecule has 0 spiro atoms. The van der Waals surface area contributed by atoms with E-state index in [1.54, 1.807) is 6.92 Å². The highest BCUT2D eigenvalue weighted by molar-refractivity contribution is 7.89. The molecule has 1 aromatic rings. The average molecular weight is 348 g/mol. The molecule has 0 aliphatic carbocycles. The molecule has 1 N–H and O–H groups in total. The first-order valence-corrected chi connectivity index (χ1v) is 8.14. The lowest BCUT2D eigenvalue weighted by Crippen LogP contribution is -2.33. The van der Waals surface area contributed by atoms with Crippen molar-refractivity contribution in [3.63, 3.8) is 0 Å². The molecular formula is C13H20N2O7S. The Hall–Kier alpha value is -1.91. The maximum absolute atomic E-state index is 12.6. The van der Waals surface area contributed by atoms with Gasteiger partial charge < -0.3 is 19.1 Å². The lowest BCUT2D eigenvalue weighted by molar-refractivity contribution is -0.140. The predicted molar refractivity (Wildman–Crippen MR) is 79.1 cm³/mol. The number of methoxy groups -OCH3 is 1. The van der Waals surface area contributed by atoms with Crippen LogP contribution in [0.5, 0.6) is 0 Å². The third kappa shape index (κ3) is 3.89. The Morgan fingerprint density at radius 3 is 2.48 bits per heavy atom. The van der Waals surface area contributed by atoms with Crippen molar-refractivity contribution in [3.05, 3.63) is 17.5 Å². The van der Waals surface area contributed by atoms with Crippen LogP contribution in [-0.2, 0) is 37.9 Å². The number of esters is 2. The van der Waals surface area contributed by atoms with Crippen LogP contribution in [-0.4, -0.2) is 61.6 Å². The molecule has 0 saturated carbocycles. The van der Waals surface area contributed by atoms with Crippen LogP contribution in [0.2, 0.25) is 0 Å². The third-order valence-electron chi connectivity index (χ3n) is 3.22. The summed E-state index contributed by atoms with van der Waals surface area (Å²) in [6.07, 6.45) is 0. The fourth-order valence-electron chi connectivity index (χ4n) is 1.92. The van der Waals surface area contributed by atoms with Gasteiger partial charge in [0.1, 0.15) is 17.1 Å². The number of ether oxygens (including phenoxy) is 2. The van der Waals surface area contributed by atoms with Crippen LogP contribution in [0.15, 0.2) is 11.0 Å². The Kier molecular flexibility index (Phi) is 6.30. The number of hydrogen-bond acceptors (Lipinski definition) is 7. The Balaban J connectivity index is 3.33. The molecule has 1 heterocycles. The fraction of sp³-hybridized carbons (Fsp3) is 0.538. The van der Waals surface area contributed by atoms with Gasteiger partial charge in [0.05, 0.1) is 26.0 Å². The zero-order valence-corrected chi connectivity index (χ0v) is 14.2. The highest BCUT2D eigenvalue weighted by Gasteiger charge is 2.30. The van der Waals surface area contributed by atoms with Gasteiger partial charge in [-0.2, -0.15) is 4.31 Å². The minimum atomic E-state index is -4.09. The summed E-state index contributed by atoms with van der Waals surface area (Å²) in [5.74, 6) is -1.44. The smallest absolute Gasteiger partial charge is 0.354 e. The van der Waals surface area contributed by atoms with Crippen molar-refractivity contribution in [3.8, 4) is 0 Å². The summed E-state index contributed by atoms with van der Waals surface area (Å²) < 4.78 is 36.4. The van der Waals surface area contributed by atoms with Gasteiger partial charge in [-0.1, -0.05) is 0 Å². The number of rotatable bonds is 7. The number of nitrogens with zero attached hydrogens (tertiary/aromatic N) is 2. The summed E-state index contributed by atoms with van der Waals surface area (Å²) in [7, 11) is -0.310. The molecule has 9 nitrogen and oxygen atoms in total. The second-order valence-electron chi connectivity index (χ2n) is 4.62. The van der Waals surface area contributed by atoms with E-state index < -0.39 is 35.1 Å². The quantitative estimate of drug-likeness (QED) is 0.660. The Labute approximate surface area is 134 Å². The summed E-state index contributed by atoms with van der Waals surface area (Å²) in [4.78, 5) is 22.9. The van der Waals surface area contributed by atoms with Crippen molar-refractivity contribution in [1.82, 2.24) is 8.87 Å². The molecule has 0 aliphatic rings. The van der Waals surface area contributed by atoms with Crippen LogP contribution in [0, 0.1) is 0 Å². The van der Waals surface area contributed by atoms with E-state index in [0.29, 0.717) is 0 Å². The lowest BCUT2D eigenvalue weighted by Gasteiger charge is -2.16. The number of aliphatic hydroxyl groups is 1. The molecule has 0 fully saturated rings. The molecule has 130 valence electrons. The van der Waals surface area contributed by atoms with Crippen LogP contribution < -0.4 is 0 Å². The Morgan fingerprint density at radius 2 is 2.00 bits per heavy atom. The van der Waals surface area contributed by atoms with Gasteiger partial charge in [0.25, 0.3) is 0 Å². The number of carbonyl (C=O) groups excluding carboxylic acids is 2. The van der Waals surface area contributed by atoms with E-state index in [0.717, 1.165) is 17.5 Å². The van der Waals surface area contributed by atoms with E-state index in [9.17, 15) is 23.1 Å². The molecule has 0 amide bonds. The van der Waals surface area contributed by atoms with Crippen molar-refractivity contribution in [2.75, 3.05) is 27.3 Å². The largest absolute Gasteiger partial charge is 0.468 e. The molecule has 1 rings (SSSR count). The molecule has 0 aliphatic heterocycles. The van der Waals surface area contributed by atoms with Crippen molar-refractivity contribution < 1.29 is 32.6 Å². The van der Waals surface area contributed by atoms with E-state index in [2.05, 4.69) is 4.74 Å². The summed E-state index contributed by atoms with van der Waals surface area (Å²) in [5.41, 5.74) is 0.00529. The van der Waals surface area contributed by atoms with E-state index in [4.69, 9.17) is 4.74 Å². The predicted octanol–water partition coefficient (Wildman–Crippen LogP) is -0.512. The number of sulfonamides is 1. The third-order valence-corrected chi connectivity index (χ3v) is 5.08. The number of aromatic nitrogens is 1. The number of likely N-dealkylation sites (N-methyl/N-ethyl adjacent to an activating group) is 1. The zero-order valence-electron chi connectivity index (χ0n) is 13.4. The maximum Gasteiger partial charge on any atom is 0.354 e. The topological polar surface area (TPSA) is 115 Å². The van der Waals surface area contributed by atoms with Gasteiger partial charge in [-0.3, -0.25) is 4.79 Å². The minimum absolute atomic E-state index is 0.0130. The zero-order chi connectivity index (χ0) is 17.8. The van der Waals surface area contributed by atoms with Crippen molar-refractivity contribution in [1.29, 1.82) is 0 Å². The summed E-state index contributed by atoms with van der Waals surface area (Å²) in [5, 5.41) is 9.45. The van der Waals surface area contributed by atoms with Gasteiger partial charge in [0.2, 0.25) is 10.0 Å². The van der Waals surface area contributed by atoms with Gasteiger partial charge in [-0.25, -0.2) is 13.2 Å². The van der Waals surface area contributed by atoms with E-state index >= 15 is 0 Å². The SMILES string of the molecule is CCOC(=O)c1cc(S(=O)(=O)N(C)CC(=O)OC)c(CO)n1C. The van der Waals surface area contributed by atoms with Gasteiger partial charge >= 0.3 is 11.9 Å². The fourth-order valence-corrected chi connectivity index (χ4v) is 3.29. The first kappa shape index (κ1) is 19.1. The lowest BCUT2D eigenvalue weighted by atomic mass is 10.4. The van der Waals surface area contributed by atoms with Gasteiger partial charge in [0, 0.05) is 14.1 Å². The molecule has 0 saturated heterocycles. The molecule has 0 unspecified atom stereocenters. The molecular weight excluding hydrogens is 328 g/mol. The second kappa shape index (κ2) is 7.57. The molecule has 0 aromatic carbocycles. The molecule has 1 aromatic heterocycles. The molecule has 0 atom stereocenters. The number of aliphatic hydroxyl groups excluding tert-OH is 1. The van der Waals surface area contributed by atoms with Crippen molar-refractivity contribution in [2.24, 2.45) is 7.05 Å². The van der Waals surface area contributed by atoms with Crippen molar-refractivity contribution in [2.45, 2.75) is 18.4 Å². The number of hydrogen-bond donors (Lipinski definition) is 1. The molecule has 0 bridgehead atoms. The first-order valence-electron chi connectivity index (χ1n) is 6.70. The normalized spacial score (nSPS) is 11.6. The number of carbonyl (C=O) groups is 2. The van der Waals surface area contributed by atoms with Crippen LogP contribution in [0.1, 0.15) is 23.1 Å². The van der Waals surface area contributed by atoms with Crippen molar-refractivity contribution >= 4 is 22.0 Å².